The molecule has 1 atom stereocenters. The van der Waals surface area contributed by atoms with Gasteiger partial charge in [-0.05, 0) is 33.1 Å². The van der Waals surface area contributed by atoms with Gasteiger partial charge in [-0.3, -0.25) is 19.2 Å². The summed E-state index contributed by atoms with van der Waals surface area (Å²) in [5.41, 5.74) is 1.07. The predicted molar refractivity (Wildman–Crippen MR) is 103 cm³/mol. The topological polar surface area (TPSA) is 109 Å². The van der Waals surface area contributed by atoms with Crippen molar-refractivity contribution in [1.82, 2.24) is 24.9 Å². The molecule has 1 aliphatic rings. The Morgan fingerprint density at radius 1 is 1.46 bits per heavy atom. The van der Waals surface area contributed by atoms with Crippen molar-refractivity contribution in [1.29, 1.82) is 5.26 Å². The number of nitrogens with zero attached hydrogens (tertiary/aromatic N) is 6. The summed E-state index contributed by atoms with van der Waals surface area (Å²) in [6.45, 7) is 5.92. The summed E-state index contributed by atoms with van der Waals surface area (Å²) in [4.78, 5) is 26.1. The highest BCUT2D eigenvalue weighted by molar-refractivity contribution is 6.33. The van der Waals surface area contributed by atoms with Crippen molar-refractivity contribution in [2.24, 2.45) is 0 Å². The van der Waals surface area contributed by atoms with Gasteiger partial charge in [-0.2, -0.15) is 20.1 Å². The van der Waals surface area contributed by atoms with Gasteiger partial charge in [-0.15, -0.1) is 0 Å². The number of hydrogen-bond donors (Lipinski definition) is 1. The molecule has 2 aromatic heterocycles. The van der Waals surface area contributed by atoms with Crippen molar-refractivity contribution in [2.75, 3.05) is 11.4 Å². The number of carbonyl (C=O) groups is 2. The van der Waals surface area contributed by atoms with Gasteiger partial charge >= 0.3 is 0 Å². The van der Waals surface area contributed by atoms with Gasteiger partial charge in [0.05, 0.1) is 11.9 Å². The van der Waals surface area contributed by atoms with Gasteiger partial charge in [-0.1, -0.05) is 11.6 Å². The van der Waals surface area contributed by atoms with Gasteiger partial charge in [0.1, 0.15) is 22.7 Å². The first kappa shape index (κ1) is 19.9. The lowest BCUT2D eigenvalue weighted by Crippen LogP contribution is -2.48. The smallest absolute Gasteiger partial charge is 0.242 e. The molecule has 0 aromatic carbocycles. The van der Waals surface area contributed by atoms with Crippen LogP contribution in [0.5, 0.6) is 0 Å². The number of hydrogen-bond acceptors (Lipinski definition) is 5. The van der Waals surface area contributed by atoms with Crippen LogP contribution in [-0.4, -0.2) is 44.0 Å². The molecule has 1 aliphatic heterocycles. The van der Waals surface area contributed by atoms with E-state index in [1.54, 1.807) is 13.8 Å². The van der Waals surface area contributed by atoms with Crippen LogP contribution in [0.25, 0.3) is 5.82 Å². The molecule has 0 saturated heterocycles. The van der Waals surface area contributed by atoms with E-state index in [0.29, 0.717) is 17.4 Å². The number of nitrogens with one attached hydrogen (secondary N) is 1. The zero-order valence-electron chi connectivity index (χ0n) is 16.1. The molecule has 0 aliphatic carbocycles. The average Bonchev–Trinajstić information content (AvgIpc) is 3.23. The van der Waals surface area contributed by atoms with Gasteiger partial charge in [0.25, 0.3) is 0 Å². The summed E-state index contributed by atoms with van der Waals surface area (Å²) in [6, 6.07) is 1.20. The first-order valence-electron chi connectivity index (χ1n) is 9.21. The van der Waals surface area contributed by atoms with Crippen LogP contribution in [0.1, 0.15) is 44.9 Å². The van der Waals surface area contributed by atoms with Crippen LogP contribution in [0.4, 0.5) is 5.82 Å². The molecular formula is C18H22ClN7O2. The molecular weight excluding hydrogens is 382 g/mol. The maximum atomic E-state index is 12.5. The lowest BCUT2D eigenvalue weighted by Gasteiger charge is -2.27. The molecule has 1 unspecified atom stereocenters. The number of anilines is 1. The molecule has 0 fully saturated rings. The lowest BCUT2D eigenvalue weighted by molar-refractivity contribution is -0.125. The summed E-state index contributed by atoms with van der Waals surface area (Å²) in [5, 5.41) is 21.5. The van der Waals surface area contributed by atoms with Crippen LogP contribution >= 0.6 is 11.6 Å². The van der Waals surface area contributed by atoms with Crippen LogP contribution in [-0.2, 0) is 22.6 Å². The van der Waals surface area contributed by atoms with E-state index in [4.69, 9.17) is 11.6 Å². The summed E-state index contributed by atoms with van der Waals surface area (Å²) in [6.07, 6.45) is 4.19. The van der Waals surface area contributed by atoms with Crippen LogP contribution in [0.2, 0.25) is 5.02 Å². The molecule has 148 valence electrons. The van der Waals surface area contributed by atoms with E-state index >= 15 is 0 Å². The zero-order chi connectivity index (χ0) is 20.4. The number of fused-ring (bicyclic) bond motifs is 1. The Bertz CT molecular complexity index is 956. The second-order valence-electron chi connectivity index (χ2n) is 6.63. The fraction of sp³-hybridized carbons (Fsp3) is 0.500. The Morgan fingerprint density at radius 2 is 2.21 bits per heavy atom. The predicted octanol–water partition coefficient (Wildman–Crippen LogP) is 1.81. The molecule has 9 nitrogen and oxygen atoms in total. The van der Waals surface area contributed by atoms with E-state index in [-0.39, 0.29) is 17.3 Å². The molecule has 2 amide bonds. The Kier molecular flexibility index (Phi) is 5.70. The summed E-state index contributed by atoms with van der Waals surface area (Å²) >= 11 is 6.57. The number of amides is 2. The van der Waals surface area contributed by atoms with Crippen molar-refractivity contribution in [3.63, 3.8) is 0 Å². The molecule has 3 rings (SSSR count). The fourth-order valence-corrected chi connectivity index (χ4v) is 3.74. The third-order valence-corrected chi connectivity index (χ3v) is 5.15. The SMILES string of the molecule is CCNC(=O)C(C)N(C(C)=O)c1c(C#N)cnn1-c1nn2c(c1Cl)CCCC2. The normalized spacial score (nSPS) is 14.1. The summed E-state index contributed by atoms with van der Waals surface area (Å²) < 4.78 is 3.22. The molecule has 0 saturated carbocycles. The van der Waals surface area contributed by atoms with E-state index < -0.39 is 11.9 Å². The largest absolute Gasteiger partial charge is 0.355 e. The lowest BCUT2D eigenvalue weighted by atomic mass is 10.1. The maximum Gasteiger partial charge on any atom is 0.242 e. The molecule has 28 heavy (non-hydrogen) atoms. The first-order valence-corrected chi connectivity index (χ1v) is 9.59. The van der Waals surface area contributed by atoms with Crippen molar-refractivity contribution in [2.45, 2.75) is 52.6 Å². The van der Waals surface area contributed by atoms with E-state index in [9.17, 15) is 14.9 Å². The third kappa shape index (κ3) is 3.36. The highest BCUT2D eigenvalue weighted by Gasteiger charge is 2.32. The third-order valence-electron chi connectivity index (χ3n) is 4.76. The van der Waals surface area contributed by atoms with Gasteiger partial charge in [0, 0.05) is 20.0 Å². The molecule has 10 heteroatoms. The van der Waals surface area contributed by atoms with Gasteiger partial charge in [0.15, 0.2) is 11.6 Å². The standard InChI is InChI=1S/C18H22ClN7O2/c1-4-21-17(28)11(2)25(12(3)27)18-13(9-20)10-22-26(18)16-15(19)14-7-5-6-8-24(14)23-16/h10-11H,4-8H2,1-3H3,(H,21,28). The van der Waals surface area contributed by atoms with E-state index in [1.807, 2.05) is 10.8 Å². The molecule has 2 aromatic rings. The van der Waals surface area contributed by atoms with Crippen molar-refractivity contribution in [3.8, 4) is 11.9 Å². The number of rotatable bonds is 5. The Morgan fingerprint density at radius 3 is 2.82 bits per heavy atom. The minimum absolute atomic E-state index is 0.161. The second-order valence-corrected chi connectivity index (χ2v) is 7.01. The van der Waals surface area contributed by atoms with Crippen LogP contribution in [0.15, 0.2) is 6.20 Å². The van der Waals surface area contributed by atoms with Gasteiger partial charge < -0.3 is 5.32 Å². The number of nitriles is 1. The summed E-state index contributed by atoms with van der Waals surface area (Å²) in [5.74, 6) is -0.183. The van der Waals surface area contributed by atoms with Crippen LogP contribution in [0, 0.1) is 11.3 Å². The minimum Gasteiger partial charge on any atom is -0.355 e. The molecule has 0 radical (unpaired) electrons. The number of aryl methyl sites for hydroxylation is 1. The number of carbonyl (C=O) groups excluding carboxylic acids is 2. The summed E-state index contributed by atoms with van der Waals surface area (Å²) in [7, 11) is 0. The average molecular weight is 404 g/mol. The number of likely N-dealkylation sites (N-methyl/N-ethyl adjacent to an activating group) is 1. The van der Waals surface area contributed by atoms with Gasteiger partial charge in [-0.25, -0.2) is 0 Å². The monoisotopic (exact) mass is 403 g/mol. The van der Waals surface area contributed by atoms with E-state index in [2.05, 4.69) is 15.5 Å². The zero-order valence-corrected chi connectivity index (χ0v) is 16.8. The number of halogens is 1. The molecule has 1 N–H and O–H groups in total. The maximum absolute atomic E-state index is 12.5. The quantitative estimate of drug-likeness (QED) is 0.818. The Hall–Kier alpha value is -2.86. The molecule has 0 bridgehead atoms. The van der Waals surface area contributed by atoms with Crippen molar-refractivity contribution in [3.05, 3.63) is 22.5 Å². The second kappa shape index (κ2) is 8.02. The Balaban J connectivity index is 2.15. The molecule has 0 spiro atoms. The fourth-order valence-electron chi connectivity index (χ4n) is 3.43. The minimum atomic E-state index is -0.837. The van der Waals surface area contributed by atoms with Crippen molar-refractivity contribution >= 4 is 29.2 Å². The number of aromatic nitrogens is 4. The van der Waals surface area contributed by atoms with Gasteiger partial charge in [0.2, 0.25) is 11.8 Å². The highest BCUT2D eigenvalue weighted by atomic mass is 35.5. The van der Waals surface area contributed by atoms with E-state index in [0.717, 1.165) is 31.5 Å². The van der Waals surface area contributed by atoms with Crippen LogP contribution in [0.3, 0.4) is 0 Å². The highest BCUT2D eigenvalue weighted by Crippen LogP contribution is 2.33. The first-order chi connectivity index (χ1) is 13.4. The van der Waals surface area contributed by atoms with E-state index in [1.165, 1.54) is 22.7 Å². The van der Waals surface area contributed by atoms with Crippen molar-refractivity contribution < 1.29 is 9.59 Å². The Labute approximate surface area is 167 Å². The molecule has 3 heterocycles. The van der Waals surface area contributed by atoms with Crippen LogP contribution < -0.4 is 10.2 Å².